The maximum Gasteiger partial charge on any atom is 0.420 e. The van der Waals surface area contributed by atoms with Gasteiger partial charge >= 0.3 is 5.76 Å². The van der Waals surface area contributed by atoms with Gasteiger partial charge in [-0.05, 0) is 31.2 Å². The SMILES string of the molecule is Cc1ccc(N2CC(c3nc(Cn4c(=O)oc5ccccc54)no3)CC2=O)cc1. The number of carbonyl (C=O) groups is 1. The highest BCUT2D eigenvalue weighted by molar-refractivity contribution is 5.96. The molecule has 0 N–H and O–H groups in total. The molecular weight excluding hydrogens is 372 g/mol. The van der Waals surface area contributed by atoms with Crippen LogP contribution in [0.15, 0.2) is 62.3 Å². The molecule has 3 heterocycles. The van der Waals surface area contributed by atoms with Crippen molar-refractivity contribution in [1.29, 1.82) is 0 Å². The van der Waals surface area contributed by atoms with Crippen LogP contribution in [0.3, 0.4) is 0 Å². The average Bonchev–Trinajstić information content (AvgIpc) is 3.41. The number of fused-ring (bicyclic) bond motifs is 1. The van der Waals surface area contributed by atoms with Crippen molar-refractivity contribution < 1.29 is 13.7 Å². The van der Waals surface area contributed by atoms with Gasteiger partial charge in [0, 0.05) is 18.7 Å². The Kier molecular flexibility index (Phi) is 4.04. The summed E-state index contributed by atoms with van der Waals surface area (Å²) in [6.45, 7) is 2.63. The monoisotopic (exact) mass is 390 g/mol. The molecule has 8 nitrogen and oxygen atoms in total. The predicted molar refractivity (Wildman–Crippen MR) is 105 cm³/mol. The first-order valence-corrected chi connectivity index (χ1v) is 9.36. The standard InChI is InChI=1S/C21H18N4O4/c1-13-6-8-15(9-7-13)24-11-14(10-19(24)26)20-22-18(23-29-20)12-25-16-4-2-3-5-17(16)28-21(25)27/h2-9,14H,10-12H2,1H3. The molecule has 1 saturated heterocycles. The second kappa shape index (κ2) is 6.73. The number of anilines is 1. The highest BCUT2D eigenvalue weighted by atomic mass is 16.5. The molecule has 0 radical (unpaired) electrons. The zero-order chi connectivity index (χ0) is 20.0. The molecule has 2 aromatic carbocycles. The van der Waals surface area contributed by atoms with Gasteiger partial charge in [0.05, 0.1) is 18.0 Å². The van der Waals surface area contributed by atoms with Gasteiger partial charge < -0.3 is 13.8 Å². The number of carbonyl (C=O) groups excluding carboxylic acids is 1. The molecule has 29 heavy (non-hydrogen) atoms. The smallest absolute Gasteiger partial charge is 0.408 e. The summed E-state index contributed by atoms with van der Waals surface area (Å²) in [7, 11) is 0. The van der Waals surface area contributed by atoms with Gasteiger partial charge in [-0.3, -0.25) is 9.36 Å². The van der Waals surface area contributed by atoms with Crippen molar-refractivity contribution in [3.8, 4) is 0 Å². The summed E-state index contributed by atoms with van der Waals surface area (Å²) in [5.74, 6) is 0.149. The second-order valence-electron chi connectivity index (χ2n) is 7.21. The first-order valence-electron chi connectivity index (χ1n) is 9.36. The number of hydrogen-bond donors (Lipinski definition) is 0. The van der Waals surface area contributed by atoms with E-state index in [9.17, 15) is 9.59 Å². The molecule has 0 spiro atoms. The van der Waals surface area contributed by atoms with E-state index in [4.69, 9.17) is 8.94 Å². The Morgan fingerprint density at radius 2 is 1.90 bits per heavy atom. The summed E-state index contributed by atoms with van der Waals surface area (Å²) in [6, 6.07) is 15.0. The molecule has 5 rings (SSSR count). The Labute approximate surface area is 165 Å². The lowest BCUT2D eigenvalue weighted by Gasteiger charge is -2.16. The third-order valence-electron chi connectivity index (χ3n) is 5.18. The molecule has 0 aliphatic carbocycles. The molecule has 0 bridgehead atoms. The molecule has 1 unspecified atom stereocenters. The van der Waals surface area contributed by atoms with E-state index in [1.54, 1.807) is 23.1 Å². The first kappa shape index (κ1) is 17.4. The fourth-order valence-electron chi connectivity index (χ4n) is 3.65. The van der Waals surface area contributed by atoms with Gasteiger partial charge in [0.1, 0.15) is 0 Å². The van der Waals surface area contributed by atoms with Gasteiger partial charge in [0.2, 0.25) is 11.8 Å². The number of hydrogen-bond acceptors (Lipinski definition) is 6. The Bertz CT molecular complexity index is 1250. The van der Waals surface area contributed by atoms with Crippen molar-refractivity contribution in [2.45, 2.75) is 25.8 Å². The minimum Gasteiger partial charge on any atom is -0.408 e. The van der Waals surface area contributed by atoms with Gasteiger partial charge in [-0.25, -0.2) is 4.79 Å². The number of aromatic nitrogens is 3. The van der Waals surface area contributed by atoms with Crippen molar-refractivity contribution in [1.82, 2.24) is 14.7 Å². The van der Waals surface area contributed by atoms with Crippen LogP contribution in [0.25, 0.3) is 11.1 Å². The number of amides is 1. The van der Waals surface area contributed by atoms with Gasteiger partial charge in [-0.1, -0.05) is 35.0 Å². The number of rotatable bonds is 4. The molecule has 4 aromatic rings. The lowest BCUT2D eigenvalue weighted by atomic mass is 10.1. The molecular formula is C21H18N4O4. The van der Waals surface area contributed by atoms with Crippen LogP contribution in [0.2, 0.25) is 0 Å². The summed E-state index contributed by atoms with van der Waals surface area (Å²) in [5.41, 5.74) is 3.18. The van der Waals surface area contributed by atoms with Crippen molar-refractivity contribution in [3.63, 3.8) is 0 Å². The minimum atomic E-state index is -0.473. The third kappa shape index (κ3) is 3.12. The van der Waals surface area contributed by atoms with E-state index < -0.39 is 5.76 Å². The van der Waals surface area contributed by atoms with Crippen molar-refractivity contribution >= 4 is 22.7 Å². The lowest BCUT2D eigenvalue weighted by molar-refractivity contribution is -0.117. The van der Waals surface area contributed by atoms with E-state index in [0.717, 1.165) is 11.3 Å². The van der Waals surface area contributed by atoms with Crippen molar-refractivity contribution in [2.75, 3.05) is 11.4 Å². The van der Waals surface area contributed by atoms with Gasteiger partial charge in [-0.2, -0.15) is 4.98 Å². The summed E-state index contributed by atoms with van der Waals surface area (Å²) >= 11 is 0. The predicted octanol–water partition coefficient (Wildman–Crippen LogP) is 2.85. The number of benzene rings is 2. The van der Waals surface area contributed by atoms with Crippen LogP contribution in [-0.2, 0) is 11.3 Å². The topological polar surface area (TPSA) is 94.4 Å². The van der Waals surface area contributed by atoms with E-state index in [1.807, 2.05) is 37.3 Å². The number of para-hydroxylation sites is 2. The number of nitrogens with zero attached hydrogens (tertiary/aromatic N) is 4. The summed E-state index contributed by atoms with van der Waals surface area (Å²) in [5, 5.41) is 4.00. The molecule has 1 aliphatic rings. The third-order valence-corrected chi connectivity index (χ3v) is 5.18. The first-order chi connectivity index (χ1) is 14.1. The normalized spacial score (nSPS) is 16.8. The summed E-state index contributed by atoms with van der Waals surface area (Å²) in [4.78, 5) is 30.8. The molecule has 1 amide bonds. The largest absolute Gasteiger partial charge is 0.420 e. The average molecular weight is 390 g/mol. The number of aryl methyl sites for hydroxylation is 1. The van der Waals surface area contributed by atoms with Crippen LogP contribution in [0.5, 0.6) is 0 Å². The van der Waals surface area contributed by atoms with E-state index >= 15 is 0 Å². The summed E-state index contributed by atoms with van der Waals surface area (Å²) < 4.78 is 12.1. The Morgan fingerprint density at radius 3 is 2.72 bits per heavy atom. The van der Waals surface area contributed by atoms with E-state index in [1.165, 1.54) is 4.57 Å². The Hall–Kier alpha value is -3.68. The Morgan fingerprint density at radius 1 is 1.10 bits per heavy atom. The highest BCUT2D eigenvalue weighted by Gasteiger charge is 2.35. The fraction of sp³-hybridized carbons (Fsp3) is 0.238. The zero-order valence-corrected chi connectivity index (χ0v) is 15.7. The van der Waals surface area contributed by atoms with Crippen LogP contribution in [0.1, 0.15) is 29.6 Å². The molecule has 8 heteroatoms. The zero-order valence-electron chi connectivity index (χ0n) is 15.7. The van der Waals surface area contributed by atoms with Crippen LogP contribution < -0.4 is 10.7 Å². The van der Waals surface area contributed by atoms with E-state index in [0.29, 0.717) is 35.8 Å². The second-order valence-corrected chi connectivity index (χ2v) is 7.21. The summed E-state index contributed by atoms with van der Waals surface area (Å²) in [6.07, 6.45) is 0.310. The van der Waals surface area contributed by atoms with E-state index in [2.05, 4.69) is 10.1 Å². The van der Waals surface area contributed by atoms with Crippen LogP contribution in [0, 0.1) is 6.92 Å². The molecule has 1 aliphatic heterocycles. The molecule has 1 fully saturated rings. The molecule has 2 aromatic heterocycles. The maximum atomic E-state index is 12.5. The molecule has 146 valence electrons. The fourth-order valence-corrected chi connectivity index (χ4v) is 3.65. The Balaban J connectivity index is 1.36. The van der Waals surface area contributed by atoms with Gasteiger partial charge in [0.15, 0.2) is 11.4 Å². The lowest BCUT2D eigenvalue weighted by Crippen LogP contribution is -2.24. The van der Waals surface area contributed by atoms with Crippen LogP contribution in [-0.4, -0.2) is 27.2 Å². The quantitative estimate of drug-likeness (QED) is 0.532. The maximum absolute atomic E-state index is 12.5. The van der Waals surface area contributed by atoms with Crippen molar-refractivity contribution in [3.05, 3.63) is 76.4 Å². The van der Waals surface area contributed by atoms with E-state index in [-0.39, 0.29) is 18.4 Å². The van der Waals surface area contributed by atoms with Gasteiger partial charge in [-0.15, -0.1) is 0 Å². The highest BCUT2D eigenvalue weighted by Crippen LogP contribution is 2.31. The van der Waals surface area contributed by atoms with Crippen molar-refractivity contribution in [2.24, 2.45) is 0 Å². The van der Waals surface area contributed by atoms with Gasteiger partial charge in [0.25, 0.3) is 0 Å². The van der Waals surface area contributed by atoms with Crippen LogP contribution >= 0.6 is 0 Å². The molecule has 0 saturated carbocycles. The minimum absolute atomic E-state index is 0.0238. The molecule has 1 atom stereocenters. The van der Waals surface area contributed by atoms with Crippen LogP contribution in [0.4, 0.5) is 5.69 Å². The number of oxazole rings is 1.